The van der Waals surface area contributed by atoms with Gasteiger partial charge >= 0.3 is 0 Å². The van der Waals surface area contributed by atoms with E-state index in [-0.39, 0.29) is 11.7 Å². The minimum absolute atomic E-state index is 0.250. The lowest BCUT2D eigenvalue weighted by Crippen LogP contribution is -2.23. The van der Waals surface area contributed by atoms with Crippen LogP contribution < -0.4 is 11.1 Å². The molecule has 0 fully saturated rings. The number of carbonyl (C=O) groups is 1. The Bertz CT molecular complexity index is 541. The SMILES string of the molecule is Cc1c(CNC(=O)c2cn[nH]c2N)cnn1C. The predicted octanol–water partition coefficient (Wildman–Crippen LogP) is -0.0362. The second-order valence-corrected chi connectivity index (χ2v) is 3.76. The molecule has 17 heavy (non-hydrogen) atoms. The number of aromatic nitrogens is 4. The zero-order valence-electron chi connectivity index (χ0n) is 9.69. The topological polar surface area (TPSA) is 102 Å². The summed E-state index contributed by atoms with van der Waals surface area (Å²) in [5.74, 6) is 0.0184. The van der Waals surface area contributed by atoms with Crippen LogP contribution in [0.3, 0.4) is 0 Å². The van der Waals surface area contributed by atoms with E-state index < -0.39 is 0 Å². The van der Waals surface area contributed by atoms with E-state index in [1.165, 1.54) is 6.20 Å². The molecule has 1 amide bonds. The molecular formula is C10H14N6O. The molecule has 0 bridgehead atoms. The number of rotatable bonds is 3. The van der Waals surface area contributed by atoms with Crippen LogP contribution in [0.15, 0.2) is 12.4 Å². The number of nitrogens with zero attached hydrogens (tertiary/aromatic N) is 3. The van der Waals surface area contributed by atoms with Crippen molar-refractivity contribution in [3.63, 3.8) is 0 Å². The van der Waals surface area contributed by atoms with E-state index in [4.69, 9.17) is 5.73 Å². The smallest absolute Gasteiger partial charge is 0.256 e. The van der Waals surface area contributed by atoms with Crippen LogP contribution in [-0.2, 0) is 13.6 Å². The van der Waals surface area contributed by atoms with Crippen molar-refractivity contribution in [1.82, 2.24) is 25.3 Å². The Morgan fingerprint density at radius 2 is 2.35 bits per heavy atom. The van der Waals surface area contributed by atoms with Crippen LogP contribution in [0.5, 0.6) is 0 Å². The number of amides is 1. The lowest BCUT2D eigenvalue weighted by Gasteiger charge is -2.03. The summed E-state index contributed by atoms with van der Waals surface area (Å²) in [7, 11) is 1.86. The molecule has 90 valence electrons. The number of hydrogen-bond acceptors (Lipinski definition) is 4. The fourth-order valence-corrected chi connectivity index (χ4v) is 1.47. The molecule has 0 unspecified atom stereocenters. The molecule has 0 aliphatic heterocycles. The van der Waals surface area contributed by atoms with Gasteiger partial charge in [0.2, 0.25) is 0 Å². The number of anilines is 1. The van der Waals surface area contributed by atoms with Crippen molar-refractivity contribution < 1.29 is 4.79 Å². The molecule has 4 N–H and O–H groups in total. The fourth-order valence-electron chi connectivity index (χ4n) is 1.47. The minimum atomic E-state index is -0.250. The van der Waals surface area contributed by atoms with Crippen molar-refractivity contribution in [1.29, 1.82) is 0 Å². The highest BCUT2D eigenvalue weighted by molar-refractivity contribution is 5.97. The monoisotopic (exact) mass is 234 g/mol. The third kappa shape index (κ3) is 2.12. The van der Waals surface area contributed by atoms with Crippen molar-refractivity contribution >= 4 is 11.7 Å². The minimum Gasteiger partial charge on any atom is -0.383 e. The summed E-state index contributed by atoms with van der Waals surface area (Å²) in [6.45, 7) is 2.36. The number of nitrogens with two attached hydrogens (primary N) is 1. The van der Waals surface area contributed by atoms with Crippen molar-refractivity contribution in [2.75, 3.05) is 5.73 Å². The highest BCUT2D eigenvalue weighted by Gasteiger charge is 2.12. The molecule has 0 saturated carbocycles. The zero-order valence-corrected chi connectivity index (χ0v) is 9.69. The molecule has 7 heteroatoms. The summed E-state index contributed by atoms with van der Waals surface area (Å²) in [4.78, 5) is 11.7. The van der Waals surface area contributed by atoms with Gasteiger partial charge in [0.25, 0.3) is 5.91 Å². The van der Waals surface area contributed by atoms with Crippen molar-refractivity contribution in [2.24, 2.45) is 7.05 Å². The number of H-pyrrole nitrogens is 1. The highest BCUT2D eigenvalue weighted by Crippen LogP contribution is 2.08. The lowest BCUT2D eigenvalue weighted by molar-refractivity contribution is 0.0952. The maximum absolute atomic E-state index is 11.7. The Balaban J connectivity index is 2.02. The van der Waals surface area contributed by atoms with Crippen molar-refractivity contribution in [2.45, 2.75) is 13.5 Å². The summed E-state index contributed by atoms with van der Waals surface area (Å²) < 4.78 is 1.76. The first-order valence-corrected chi connectivity index (χ1v) is 5.14. The molecular weight excluding hydrogens is 220 g/mol. The van der Waals surface area contributed by atoms with E-state index in [9.17, 15) is 4.79 Å². The van der Waals surface area contributed by atoms with E-state index >= 15 is 0 Å². The van der Waals surface area contributed by atoms with Gasteiger partial charge in [-0.2, -0.15) is 10.2 Å². The Hall–Kier alpha value is -2.31. The van der Waals surface area contributed by atoms with Crippen LogP contribution in [0.1, 0.15) is 21.6 Å². The van der Waals surface area contributed by atoms with Crippen LogP contribution in [-0.4, -0.2) is 25.9 Å². The van der Waals surface area contributed by atoms with Crippen LogP contribution in [0.25, 0.3) is 0 Å². The van der Waals surface area contributed by atoms with Crippen LogP contribution >= 0.6 is 0 Å². The number of aryl methyl sites for hydroxylation is 1. The first-order chi connectivity index (χ1) is 8.09. The van der Waals surface area contributed by atoms with Gasteiger partial charge in [0, 0.05) is 24.8 Å². The molecule has 2 rings (SSSR count). The molecule has 2 heterocycles. The molecule has 2 aromatic rings. The van der Waals surface area contributed by atoms with Gasteiger partial charge in [-0.1, -0.05) is 0 Å². The Kier molecular flexibility index (Phi) is 2.82. The summed E-state index contributed by atoms with van der Waals surface area (Å²) >= 11 is 0. The molecule has 0 aromatic carbocycles. The Labute approximate surface area is 98.0 Å². The summed E-state index contributed by atoms with van der Waals surface area (Å²) in [6, 6.07) is 0. The molecule has 0 saturated heterocycles. The lowest BCUT2D eigenvalue weighted by atomic mass is 10.2. The number of aromatic amines is 1. The first-order valence-electron chi connectivity index (χ1n) is 5.14. The summed E-state index contributed by atoms with van der Waals surface area (Å²) in [6.07, 6.45) is 3.13. The van der Waals surface area contributed by atoms with Gasteiger partial charge in [0.15, 0.2) is 0 Å². The maximum atomic E-state index is 11.7. The fraction of sp³-hybridized carbons (Fsp3) is 0.300. The first kappa shape index (κ1) is 11.2. The largest absolute Gasteiger partial charge is 0.383 e. The van der Waals surface area contributed by atoms with E-state index in [0.717, 1.165) is 11.3 Å². The molecule has 2 aromatic heterocycles. The second-order valence-electron chi connectivity index (χ2n) is 3.76. The van der Waals surface area contributed by atoms with E-state index in [2.05, 4.69) is 20.6 Å². The highest BCUT2D eigenvalue weighted by atomic mass is 16.1. The molecule has 0 spiro atoms. The standard InChI is InChI=1S/C10H14N6O/c1-6-7(4-14-16(6)2)3-12-10(17)8-5-13-15-9(8)11/h4-5H,3H2,1-2H3,(H,12,17)(H3,11,13,15). The predicted molar refractivity (Wildman–Crippen MR) is 62.1 cm³/mol. The number of nitrogens with one attached hydrogen (secondary N) is 2. The average molecular weight is 234 g/mol. The van der Waals surface area contributed by atoms with Gasteiger partial charge in [-0.3, -0.25) is 14.6 Å². The average Bonchev–Trinajstić information content (AvgIpc) is 2.85. The molecule has 0 aliphatic carbocycles. The van der Waals surface area contributed by atoms with Gasteiger partial charge in [0.1, 0.15) is 11.4 Å². The molecule has 7 nitrogen and oxygen atoms in total. The normalized spacial score (nSPS) is 10.5. The Morgan fingerprint density at radius 3 is 2.88 bits per heavy atom. The van der Waals surface area contributed by atoms with Crippen LogP contribution in [0.2, 0.25) is 0 Å². The third-order valence-corrected chi connectivity index (χ3v) is 2.69. The van der Waals surface area contributed by atoms with Crippen LogP contribution in [0.4, 0.5) is 5.82 Å². The van der Waals surface area contributed by atoms with Gasteiger partial charge < -0.3 is 11.1 Å². The van der Waals surface area contributed by atoms with Crippen molar-refractivity contribution in [3.8, 4) is 0 Å². The van der Waals surface area contributed by atoms with Crippen LogP contribution in [0, 0.1) is 6.92 Å². The Morgan fingerprint density at radius 1 is 1.59 bits per heavy atom. The maximum Gasteiger partial charge on any atom is 0.256 e. The van der Waals surface area contributed by atoms with Gasteiger partial charge in [0.05, 0.1) is 12.4 Å². The van der Waals surface area contributed by atoms with Gasteiger partial charge in [-0.25, -0.2) is 0 Å². The number of hydrogen-bond donors (Lipinski definition) is 3. The van der Waals surface area contributed by atoms with Crippen molar-refractivity contribution in [3.05, 3.63) is 29.2 Å². The van der Waals surface area contributed by atoms with Gasteiger partial charge in [-0.15, -0.1) is 0 Å². The number of nitrogen functional groups attached to an aromatic ring is 1. The second kappa shape index (κ2) is 4.28. The summed E-state index contributed by atoms with van der Waals surface area (Å²) in [5, 5.41) is 13.1. The third-order valence-electron chi connectivity index (χ3n) is 2.69. The molecule has 0 atom stereocenters. The van der Waals surface area contributed by atoms with Gasteiger partial charge in [-0.05, 0) is 6.92 Å². The quantitative estimate of drug-likeness (QED) is 0.693. The molecule has 0 radical (unpaired) electrons. The molecule has 0 aliphatic rings. The zero-order chi connectivity index (χ0) is 12.4. The van der Waals surface area contributed by atoms with E-state index in [0.29, 0.717) is 12.1 Å². The summed E-state index contributed by atoms with van der Waals surface area (Å²) in [5.41, 5.74) is 7.90. The van der Waals surface area contributed by atoms with E-state index in [1.54, 1.807) is 10.9 Å². The van der Waals surface area contributed by atoms with E-state index in [1.807, 2.05) is 14.0 Å². The number of carbonyl (C=O) groups excluding carboxylic acids is 1.